The minimum atomic E-state index is -0.480. The first-order chi connectivity index (χ1) is 8.19. The second kappa shape index (κ2) is 6.04. The molecule has 0 saturated heterocycles. The molecule has 1 aliphatic rings. The second-order valence-corrected chi connectivity index (χ2v) is 3.62. The van der Waals surface area contributed by atoms with Crippen molar-refractivity contribution in [2.24, 2.45) is 10.7 Å². The normalized spacial score (nSPS) is 12.5. The van der Waals surface area contributed by atoms with Crippen LogP contribution in [0.3, 0.4) is 0 Å². The van der Waals surface area contributed by atoms with Gasteiger partial charge >= 0.3 is 0 Å². The highest BCUT2D eigenvalue weighted by molar-refractivity contribution is 8.93. The largest absolute Gasteiger partial charge is 0.490 e. The minimum Gasteiger partial charge on any atom is -0.490 e. The van der Waals surface area contributed by atoms with E-state index in [1.807, 2.05) is 6.92 Å². The standard InChI is InChI=1S/C12H15FN2O2.BrH/c1-3-16-8-5-7-6-15-12(14)9(7)10(13)11(8)17-4-2;/h5H,3-4,6H2,1-2H3,(H2,14,15);1H. The van der Waals surface area contributed by atoms with Gasteiger partial charge in [0.05, 0.1) is 25.3 Å². The van der Waals surface area contributed by atoms with Gasteiger partial charge in [0.15, 0.2) is 17.3 Å². The lowest BCUT2D eigenvalue weighted by Crippen LogP contribution is -2.14. The van der Waals surface area contributed by atoms with Crippen LogP contribution >= 0.6 is 17.0 Å². The molecule has 0 unspecified atom stereocenters. The van der Waals surface area contributed by atoms with Gasteiger partial charge in [-0.3, -0.25) is 4.99 Å². The summed E-state index contributed by atoms with van der Waals surface area (Å²) >= 11 is 0. The molecule has 0 aliphatic carbocycles. The minimum absolute atomic E-state index is 0. The van der Waals surface area contributed by atoms with E-state index < -0.39 is 5.82 Å². The van der Waals surface area contributed by atoms with Crippen molar-refractivity contribution in [3.05, 3.63) is 23.0 Å². The van der Waals surface area contributed by atoms with Crippen molar-refractivity contribution in [1.29, 1.82) is 0 Å². The first-order valence-corrected chi connectivity index (χ1v) is 5.60. The van der Waals surface area contributed by atoms with E-state index in [-0.39, 0.29) is 28.6 Å². The number of hydrogen-bond acceptors (Lipinski definition) is 4. The van der Waals surface area contributed by atoms with E-state index >= 15 is 0 Å². The molecule has 0 bridgehead atoms. The van der Waals surface area contributed by atoms with Crippen LogP contribution in [0.2, 0.25) is 0 Å². The van der Waals surface area contributed by atoms with Crippen molar-refractivity contribution >= 4 is 22.8 Å². The highest BCUT2D eigenvalue weighted by Gasteiger charge is 2.25. The lowest BCUT2D eigenvalue weighted by Gasteiger charge is -2.14. The van der Waals surface area contributed by atoms with Gasteiger partial charge in [-0.05, 0) is 25.5 Å². The fourth-order valence-electron chi connectivity index (χ4n) is 1.85. The Labute approximate surface area is 116 Å². The number of benzene rings is 1. The van der Waals surface area contributed by atoms with E-state index in [1.54, 1.807) is 13.0 Å². The molecule has 6 heteroatoms. The van der Waals surface area contributed by atoms with E-state index in [0.717, 1.165) is 5.56 Å². The maximum absolute atomic E-state index is 14.2. The number of fused-ring (bicyclic) bond motifs is 1. The Morgan fingerprint density at radius 3 is 2.61 bits per heavy atom. The summed E-state index contributed by atoms with van der Waals surface area (Å²) in [6.07, 6.45) is 0. The van der Waals surface area contributed by atoms with Gasteiger partial charge in [0.25, 0.3) is 0 Å². The highest BCUT2D eigenvalue weighted by atomic mass is 79.9. The van der Waals surface area contributed by atoms with Crippen molar-refractivity contribution in [3.8, 4) is 11.5 Å². The molecule has 0 spiro atoms. The number of hydrogen-bond donors (Lipinski definition) is 1. The molecule has 1 aliphatic heterocycles. The van der Waals surface area contributed by atoms with Gasteiger partial charge in [-0.1, -0.05) is 0 Å². The van der Waals surface area contributed by atoms with Gasteiger partial charge in [-0.2, -0.15) is 0 Å². The smallest absolute Gasteiger partial charge is 0.197 e. The molecular formula is C12H16BrFN2O2. The summed E-state index contributed by atoms with van der Waals surface area (Å²) in [4.78, 5) is 4.01. The first-order valence-electron chi connectivity index (χ1n) is 5.60. The number of ether oxygens (including phenoxy) is 2. The molecule has 2 rings (SSSR count). The first kappa shape index (κ1) is 14.8. The summed E-state index contributed by atoms with van der Waals surface area (Å²) in [6.45, 7) is 4.84. The lowest BCUT2D eigenvalue weighted by atomic mass is 10.1. The van der Waals surface area contributed by atoms with Gasteiger partial charge < -0.3 is 15.2 Å². The summed E-state index contributed by atoms with van der Waals surface area (Å²) in [7, 11) is 0. The summed E-state index contributed by atoms with van der Waals surface area (Å²) in [5, 5.41) is 0. The van der Waals surface area contributed by atoms with Gasteiger partial charge in [0.2, 0.25) is 0 Å². The molecule has 4 nitrogen and oxygen atoms in total. The summed E-state index contributed by atoms with van der Waals surface area (Å²) in [6, 6.07) is 1.75. The maximum atomic E-state index is 14.2. The zero-order chi connectivity index (χ0) is 12.4. The van der Waals surface area contributed by atoms with Crippen LogP contribution in [-0.4, -0.2) is 19.0 Å². The summed E-state index contributed by atoms with van der Waals surface area (Å²) < 4.78 is 24.9. The Balaban J connectivity index is 0.00000162. The Morgan fingerprint density at radius 2 is 2.00 bits per heavy atom. The molecular weight excluding hydrogens is 303 g/mol. The fourth-order valence-corrected chi connectivity index (χ4v) is 1.85. The van der Waals surface area contributed by atoms with Gasteiger partial charge in [-0.15, -0.1) is 17.0 Å². The van der Waals surface area contributed by atoms with Gasteiger partial charge in [0, 0.05) is 0 Å². The maximum Gasteiger partial charge on any atom is 0.197 e. The second-order valence-electron chi connectivity index (χ2n) is 3.62. The predicted octanol–water partition coefficient (Wildman–Crippen LogP) is 2.42. The molecule has 1 aromatic carbocycles. The molecule has 2 N–H and O–H groups in total. The van der Waals surface area contributed by atoms with E-state index in [2.05, 4.69) is 4.99 Å². The van der Waals surface area contributed by atoms with Crippen LogP contribution in [0.5, 0.6) is 11.5 Å². The Hall–Kier alpha value is -1.30. The van der Waals surface area contributed by atoms with Crippen LogP contribution in [0, 0.1) is 5.82 Å². The van der Waals surface area contributed by atoms with Crippen molar-refractivity contribution < 1.29 is 13.9 Å². The average Bonchev–Trinajstić information content (AvgIpc) is 2.66. The van der Waals surface area contributed by atoms with Gasteiger partial charge in [-0.25, -0.2) is 4.39 Å². The number of nitrogens with two attached hydrogens (primary N) is 1. The van der Waals surface area contributed by atoms with Crippen LogP contribution in [0.25, 0.3) is 0 Å². The van der Waals surface area contributed by atoms with E-state index in [1.165, 1.54) is 0 Å². The molecule has 0 aromatic heterocycles. The predicted molar refractivity (Wildman–Crippen MR) is 73.5 cm³/mol. The quantitative estimate of drug-likeness (QED) is 0.927. The molecule has 1 heterocycles. The molecule has 0 amide bonds. The van der Waals surface area contributed by atoms with Crippen molar-refractivity contribution in [3.63, 3.8) is 0 Å². The topological polar surface area (TPSA) is 56.8 Å². The monoisotopic (exact) mass is 318 g/mol. The van der Waals surface area contributed by atoms with Crippen LogP contribution in [0.1, 0.15) is 25.0 Å². The average molecular weight is 319 g/mol. The molecule has 0 saturated carbocycles. The zero-order valence-electron chi connectivity index (χ0n) is 10.3. The number of amidine groups is 1. The summed E-state index contributed by atoms with van der Waals surface area (Å²) in [5.74, 6) is 0.275. The van der Waals surface area contributed by atoms with Crippen LogP contribution in [0.4, 0.5) is 4.39 Å². The number of rotatable bonds is 4. The Kier molecular flexibility index (Phi) is 4.95. The third kappa shape index (κ3) is 2.43. The summed E-state index contributed by atoms with van der Waals surface area (Å²) in [5.41, 5.74) is 6.74. The van der Waals surface area contributed by atoms with E-state index in [0.29, 0.717) is 31.1 Å². The fraction of sp³-hybridized carbons (Fsp3) is 0.417. The molecule has 100 valence electrons. The molecule has 0 radical (unpaired) electrons. The van der Waals surface area contributed by atoms with E-state index in [9.17, 15) is 4.39 Å². The van der Waals surface area contributed by atoms with Gasteiger partial charge in [0.1, 0.15) is 5.84 Å². The lowest BCUT2D eigenvalue weighted by molar-refractivity contribution is 0.275. The molecule has 0 fully saturated rings. The Bertz CT molecular complexity index is 478. The number of aliphatic imine (C=N–C) groups is 1. The van der Waals surface area contributed by atoms with Crippen LogP contribution < -0.4 is 15.2 Å². The van der Waals surface area contributed by atoms with Crippen molar-refractivity contribution in [2.75, 3.05) is 13.2 Å². The van der Waals surface area contributed by atoms with Crippen LogP contribution in [0.15, 0.2) is 11.1 Å². The highest BCUT2D eigenvalue weighted by Crippen LogP contribution is 2.37. The van der Waals surface area contributed by atoms with Crippen LogP contribution in [-0.2, 0) is 6.54 Å². The number of nitrogens with zero attached hydrogens (tertiary/aromatic N) is 1. The molecule has 1 aromatic rings. The number of halogens is 2. The molecule has 18 heavy (non-hydrogen) atoms. The SMILES string of the molecule is Br.CCOc1cc2c(c(F)c1OCC)C(N)=NC2. The third-order valence-electron chi connectivity index (χ3n) is 2.53. The van der Waals surface area contributed by atoms with Crippen molar-refractivity contribution in [1.82, 2.24) is 0 Å². The zero-order valence-corrected chi connectivity index (χ0v) is 12.0. The third-order valence-corrected chi connectivity index (χ3v) is 2.53. The van der Waals surface area contributed by atoms with E-state index in [4.69, 9.17) is 15.2 Å². The van der Waals surface area contributed by atoms with Crippen molar-refractivity contribution in [2.45, 2.75) is 20.4 Å². The molecule has 0 atom stereocenters. The Morgan fingerprint density at radius 1 is 1.33 bits per heavy atom.